The van der Waals surface area contributed by atoms with Crippen LogP contribution in [-0.4, -0.2) is 49.3 Å². The lowest BCUT2D eigenvalue weighted by Gasteiger charge is -2.29. The van der Waals surface area contributed by atoms with Crippen molar-refractivity contribution in [3.63, 3.8) is 0 Å². The zero-order valence-corrected chi connectivity index (χ0v) is 14.5. The third-order valence-electron chi connectivity index (χ3n) is 4.80. The third kappa shape index (κ3) is 4.45. The Morgan fingerprint density at radius 1 is 1.33 bits per heavy atom. The summed E-state index contributed by atoms with van der Waals surface area (Å²) in [5.74, 6) is 1.03. The highest BCUT2D eigenvalue weighted by molar-refractivity contribution is 5.82. The monoisotopic (exact) mass is 332 g/mol. The van der Waals surface area contributed by atoms with E-state index in [1.165, 1.54) is 25.7 Å². The molecular formula is C18H28N4O2. The van der Waals surface area contributed by atoms with Gasteiger partial charge in [0.2, 0.25) is 5.91 Å². The van der Waals surface area contributed by atoms with Gasteiger partial charge in [-0.05, 0) is 31.4 Å². The number of amides is 1. The Labute approximate surface area is 144 Å². The second-order valence-corrected chi connectivity index (χ2v) is 6.65. The number of ether oxygens (including phenoxy) is 1. The number of carbonyl (C=O) groups is 1. The van der Waals surface area contributed by atoms with Gasteiger partial charge in [0.25, 0.3) is 0 Å². The van der Waals surface area contributed by atoms with Crippen molar-refractivity contribution in [2.75, 3.05) is 31.1 Å². The maximum Gasteiger partial charge on any atom is 0.240 e. The van der Waals surface area contributed by atoms with Crippen molar-refractivity contribution >= 4 is 11.7 Å². The van der Waals surface area contributed by atoms with Crippen LogP contribution in [0.4, 0.5) is 5.82 Å². The van der Waals surface area contributed by atoms with E-state index in [1.807, 2.05) is 13.1 Å². The topological polar surface area (TPSA) is 66.5 Å². The highest BCUT2D eigenvalue weighted by Gasteiger charge is 2.27. The van der Waals surface area contributed by atoms with Crippen LogP contribution >= 0.6 is 0 Å². The van der Waals surface area contributed by atoms with Crippen LogP contribution in [-0.2, 0) is 16.1 Å². The number of aromatic nitrogens is 1. The molecule has 2 aliphatic rings. The summed E-state index contributed by atoms with van der Waals surface area (Å²) in [6.07, 6.45) is 6.90. The van der Waals surface area contributed by atoms with Gasteiger partial charge in [-0.2, -0.15) is 0 Å². The standard InChI is InChI=1S/C18H28N4O2/c1-14-17(19-8-11-24-14)18(23)21-13-15-6-7-16(20-12-15)22-9-4-2-3-5-10-22/h6-7,12,14,17,19H,2-5,8-11,13H2,1H3,(H,21,23)/t14-,17+/m1/s1. The quantitative estimate of drug-likeness (QED) is 0.874. The van der Waals surface area contributed by atoms with Gasteiger partial charge in [0.05, 0.1) is 12.7 Å². The minimum Gasteiger partial charge on any atom is -0.375 e. The highest BCUT2D eigenvalue weighted by Crippen LogP contribution is 2.17. The zero-order chi connectivity index (χ0) is 16.8. The van der Waals surface area contributed by atoms with E-state index < -0.39 is 0 Å². The molecule has 2 saturated heterocycles. The molecule has 3 heterocycles. The van der Waals surface area contributed by atoms with E-state index in [0.717, 1.165) is 24.5 Å². The summed E-state index contributed by atoms with van der Waals surface area (Å²) in [5, 5.41) is 6.18. The number of hydrogen-bond donors (Lipinski definition) is 2. The van der Waals surface area contributed by atoms with Gasteiger partial charge < -0.3 is 20.3 Å². The fraction of sp³-hybridized carbons (Fsp3) is 0.667. The van der Waals surface area contributed by atoms with Gasteiger partial charge in [-0.3, -0.25) is 4.79 Å². The van der Waals surface area contributed by atoms with Crippen LogP contribution in [0.3, 0.4) is 0 Å². The molecule has 0 aromatic carbocycles. The molecule has 0 saturated carbocycles. The highest BCUT2D eigenvalue weighted by atomic mass is 16.5. The van der Waals surface area contributed by atoms with E-state index in [2.05, 4.69) is 32.7 Å². The van der Waals surface area contributed by atoms with Crippen LogP contribution in [0.5, 0.6) is 0 Å². The first-order chi connectivity index (χ1) is 11.7. The van der Waals surface area contributed by atoms with Crippen LogP contribution in [0.15, 0.2) is 18.3 Å². The fourth-order valence-electron chi connectivity index (χ4n) is 3.33. The van der Waals surface area contributed by atoms with E-state index >= 15 is 0 Å². The fourth-order valence-corrected chi connectivity index (χ4v) is 3.33. The Hall–Kier alpha value is -1.66. The van der Waals surface area contributed by atoms with Crippen LogP contribution in [0.1, 0.15) is 38.2 Å². The molecule has 2 atom stereocenters. The second kappa shape index (κ2) is 8.44. The first-order valence-corrected chi connectivity index (χ1v) is 9.06. The van der Waals surface area contributed by atoms with Crippen LogP contribution in [0.2, 0.25) is 0 Å². The Bertz CT molecular complexity index is 526. The van der Waals surface area contributed by atoms with Gasteiger partial charge in [-0.15, -0.1) is 0 Å². The summed E-state index contributed by atoms with van der Waals surface area (Å²) >= 11 is 0. The first kappa shape index (κ1) is 17.2. The van der Waals surface area contributed by atoms with Crippen molar-refractivity contribution in [3.8, 4) is 0 Å². The van der Waals surface area contributed by atoms with Gasteiger partial charge in [0, 0.05) is 32.4 Å². The Balaban J connectivity index is 1.51. The van der Waals surface area contributed by atoms with E-state index in [1.54, 1.807) is 0 Å². The van der Waals surface area contributed by atoms with Crippen molar-refractivity contribution < 1.29 is 9.53 Å². The lowest BCUT2D eigenvalue weighted by Crippen LogP contribution is -2.55. The maximum absolute atomic E-state index is 12.3. The zero-order valence-electron chi connectivity index (χ0n) is 14.5. The number of nitrogens with one attached hydrogen (secondary N) is 2. The van der Waals surface area contributed by atoms with E-state index in [0.29, 0.717) is 19.7 Å². The van der Waals surface area contributed by atoms with Crippen molar-refractivity contribution in [2.24, 2.45) is 0 Å². The Kier molecular flexibility index (Phi) is 6.04. The van der Waals surface area contributed by atoms with Gasteiger partial charge in [0.1, 0.15) is 11.9 Å². The molecule has 24 heavy (non-hydrogen) atoms. The molecule has 1 aromatic rings. The predicted molar refractivity (Wildman–Crippen MR) is 94.0 cm³/mol. The minimum atomic E-state index is -0.275. The molecule has 0 aliphatic carbocycles. The molecule has 0 radical (unpaired) electrons. The molecule has 0 unspecified atom stereocenters. The summed E-state index contributed by atoms with van der Waals surface area (Å²) in [6, 6.07) is 3.85. The average Bonchev–Trinajstić information content (AvgIpc) is 2.90. The third-order valence-corrected chi connectivity index (χ3v) is 4.80. The average molecular weight is 332 g/mol. The molecule has 1 amide bonds. The van der Waals surface area contributed by atoms with Gasteiger partial charge in [-0.1, -0.05) is 18.9 Å². The smallest absolute Gasteiger partial charge is 0.240 e. The molecule has 2 fully saturated rings. The Morgan fingerprint density at radius 2 is 2.12 bits per heavy atom. The largest absolute Gasteiger partial charge is 0.375 e. The summed E-state index contributed by atoms with van der Waals surface area (Å²) in [6.45, 7) is 5.98. The van der Waals surface area contributed by atoms with E-state index in [4.69, 9.17) is 4.74 Å². The molecule has 0 spiro atoms. The number of carbonyl (C=O) groups excluding carboxylic acids is 1. The normalized spacial score (nSPS) is 25.1. The number of hydrogen-bond acceptors (Lipinski definition) is 5. The van der Waals surface area contributed by atoms with E-state index in [9.17, 15) is 4.79 Å². The summed E-state index contributed by atoms with van der Waals surface area (Å²) in [5.41, 5.74) is 1.02. The molecular weight excluding hydrogens is 304 g/mol. The predicted octanol–water partition coefficient (Wildman–Crippen LogP) is 1.46. The molecule has 132 valence electrons. The number of rotatable bonds is 4. The summed E-state index contributed by atoms with van der Waals surface area (Å²) in [4.78, 5) is 19.2. The van der Waals surface area contributed by atoms with Crippen LogP contribution < -0.4 is 15.5 Å². The van der Waals surface area contributed by atoms with Crippen molar-refractivity contribution in [1.29, 1.82) is 0 Å². The molecule has 2 aliphatic heterocycles. The summed E-state index contributed by atoms with van der Waals surface area (Å²) in [7, 11) is 0. The number of morpholine rings is 1. The van der Waals surface area contributed by atoms with Crippen LogP contribution in [0.25, 0.3) is 0 Å². The molecule has 3 rings (SSSR count). The lowest BCUT2D eigenvalue weighted by molar-refractivity contribution is -0.129. The number of nitrogens with zero attached hydrogens (tertiary/aromatic N) is 2. The van der Waals surface area contributed by atoms with Crippen molar-refractivity contribution in [1.82, 2.24) is 15.6 Å². The van der Waals surface area contributed by atoms with Gasteiger partial charge >= 0.3 is 0 Å². The second-order valence-electron chi connectivity index (χ2n) is 6.65. The van der Waals surface area contributed by atoms with E-state index in [-0.39, 0.29) is 18.1 Å². The van der Waals surface area contributed by atoms with Gasteiger partial charge in [-0.25, -0.2) is 4.98 Å². The molecule has 1 aromatic heterocycles. The van der Waals surface area contributed by atoms with Gasteiger partial charge in [0.15, 0.2) is 0 Å². The lowest BCUT2D eigenvalue weighted by atomic mass is 10.1. The summed E-state index contributed by atoms with van der Waals surface area (Å²) < 4.78 is 5.52. The van der Waals surface area contributed by atoms with Crippen molar-refractivity contribution in [2.45, 2.75) is 51.3 Å². The first-order valence-electron chi connectivity index (χ1n) is 9.06. The maximum atomic E-state index is 12.3. The number of pyridine rings is 1. The SMILES string of the molecule is C[C@H]1OCCN[C@@H]1C(=O)NCc1ccc(N2CCCCCC2)nc1. The minimum absolute atomic E-state index is 0.0150. The Morgan fingerprint density at radius 3 is 2.79 bits per heavy atom. The molecule has 2 N–H and O–H groups in total. The van der Waals surface area contributed by atoms with Crippen molar-refractivity contribution in [3.05, 3.63) is 23.9 Å². The number of anilines is 1. The molecule has 6 heteroatoms. The molecule has 6 nitrogen and oxygen atoms in total. The molecule has 0 bridgehead atoms. The van der Waals surface area contributed by atoms with Crippen LogP contribution in [0, 0.1) is 0 Å².